The first-order valence-corrected chi connectivity index (χ1v) is 10.0. The van der Waals surface area contributed by atoms with E-state index in [0.717, 1.165) is 49.9 Å². The molecule has 2 N–H and O–H groups in total. The Balaban J connectivity index is 0.00000300. The van der Waals surface area contributed by atoms with Crippen LogP contribution in [-0.4, -0.2) is 50.3 Å². The number of nitrogens with zero attached hydrogens (tertiary/aromatic N) is 3. The predicted molar refractivity (Wildman–Crippen MR) is 130 cm³/mol. The minimum Gasteiger partial charge on any atom is -0.375 e. The second-order valence-corrected chi connectivity index (χ2v) is 7.08. The summed E-state index contributed by atoms with van der Waals surface area (Å²) in [6, 6.07) is 16.9. The van der Waals surface area contributed by atoms with Crippen LogP contribution in [0.3, 0.4) is 0 Å². The van der Waals surface area contributed by atoms with Crippen LogP contribution in [0.1, 0.15) is 24.1 Å². The Kier molecular flexibility index (Phi) is 10.2. The number of ether oxygens (including phenoxy) is 1. The predicted octanol–water partition coefficient (Wildman–Crippen LogP) is 3.36. The van der Waals surface area contributed by atoms with E-state index in [-0.39, 0.29) is 24.0 Å². The molecule has 29 heavy (non-hydrogen) atoms. The lowest BCUT2D eigenvalue weighted by Crippen LogP contribution is -2.49. The smallest absolute Gasteiger partial charge is 0.191 e. The van der Waals surface area contributed by atoms with Gasteiger partial charge < -0.3 is 20.3 Å². The molecule has 1 aliphatic heterocycles. The van der Waals surface area contributed by atoms with Gasteiger partial charge in [0, 0.05) is 38.4 Å². The fourth-order valence-corrected chi connectivity index (χ4v) is 3.35. The highest BCUT2D eigenvalue weighted by Crippen LogP contribution is 2.18. The highest BCUT2D eigenvalue weighted by molar-refractivity contribution is 14.0. The van der Waals surface area contributed by atoms with Gasteiger partial charge in [-0.25, -0.2) is 4.98 Å². The number of aromatic nitrogens is 1. The third-order valence-electron chi connectivity index (χ3n) is 4.91. The van der Waals surface area contributed by atoms with E-state index in [1.807, 2.05) is 38.2 Å². The van der Waals surface area contributed by atoms with Gasteiger partial charge in [-0.1, -0.05) is 36.4 Å². The van der Waals surface area contributed by atoms with Gasteiger partial charge in [0.25, 0.3) is 0 Å². The number of rotatable bonds is 7. The summed E-state index contributed by atoms with van der Waals surface area (Å²) in [4.78, 5) is 11.3. The van der Waals surface area contributed by atoms with Gasteiger partial charge in [0.1, 0.15) is 5.82 Å². The van der Waals surface area contributed by atoms with E-state index in [4.69, 9.17) is 4.74 Å². The molecule has 2 heterocycles. The molecule has 0 saturated carbocycles. The molecular formula is C22H32IN5O. The topological polar surface area (TPSA) is 61.8 Å². The zero-order chi connectivity index (χ0) is 19.6. The quantitative estimate of drug-likeness (QED) is 0.260. The van der Waals surface area contributed by atoms with Crippen molar-refractivity contribution >= 4 is 35.8 Å². The number of halogens is 1. The van der Waals surface area contributed by atoms with Crippen LogP contribution in [0.25, 0.3) is 0 Å². The number of guanidine groups is 1. The van der Waals surface area contributed by atoms with Gasteiger partial charge >= 0.3 is 0 Å². The van der Waals surface area contributed by atoms with Crippen molar-refractivity contribution in [1.82, 2.24) is 15.6 Å². The maximum absolute atomic E-state index is 5.72. The highest BCUT2D eigenvalue weighted by atomic mass is 127. The molecule has 6 nitrogen and oxygen atoms in total. The summed E-state index contributed by atoms with van der Waals surface area (Å²) in [5.41, 5.74) is 2.26. The number of piperidine rings is 1. The van der Waals surface area contributed by atoms with Crippen molar-refractivity contribution in [1.29, 1.82) is 0 Å². The average Bonchev–Trinajstić information content (AvgIpc) is 2.74. The van der Waals surface area contributed by atoms with Crippen molar-refractivity contribution in [3.63, 3.8) is 0 Å². The number of anilines is 1. The second kappa shape index (κ2) is 12.6. The largest absolute Gasteiger partial charge is 0.375 e. The monoisotopic (exact) mass is 509 g/mol. The molecule has 1 saturated heterocycles. The molecule has 2 aromatic rings. The van der Waals surface area contributed by atoms with Crippen molar-refractivity contribution in [2.45, 2.75) is 32.4 Å². The summed E-state index contributed by atoms with van der Waals surface area (Å²) >= 11 is 0. The standard InChI is InChI=1S/C22H31N5O.HI/c1-18-7-6-10-21(25-18)27-14-11-20(12-15-27)26-22(23-2)24-13-16-28-17-19-8-4-3-5-9-19;/h3-10,20H,11-17H2,1-2H3,(H2,23,24,26);1H. The molecule has 0 radical (unpaired) electrons. The van der Waals surface area contributed by atoms with Crippen LogP contribution in [0.5, 0.6) is 0 Å². The van der Waals surface area contributed by atoms with Gasteiger partial charge in [-0.05, 0) is 37.5 Å². The lowest BCUT2D eigenvalue weighted by Gasteiger charge is -2.34. The summed E-state index contributed by atoms with van der Waals surface area (Å²) in [5, 5.41) is 6.88. The van der Waals surface area contributed by atoms with Gasteiger partial charge in [-0.15, -0.1) is 24.0 Å². The summed E-state index contributed by atoms with van der Waals surface area (Å²) in [5.74, 6) is 1.92. The third kappa shape index (κ3) is 7.81. The molecular weight excluding hydrogens is 477 g/mol. The van der Waals surface area contributed by atoms with Crippen LogP contribution in [-0.2, 0) is 11.3 Å². The molecule has 0 spiro atoms. The fourth-order valence-electron chi connectivity index (χ4n) is 3.35. The molecule has 1 aromatic carbocycles. The number of benzene rings is 1. The number of aliphatic imine (C=N–C) groups is 1. The Bertz CT molecular complexity index is 748. The van der Waals surface area contributed by atoms with Crippen LogP contribution in [0.2, 0.25) is 0 Å². The summed E-state index contributed by atoms with van der Waals surface area (Å²) < 4.78 is 5.72. The lowest BCUT2D eigenvalue weighted by atomic mass is 10.1. The Morgan fingerprint density at radius 3 is 2.59 bits per heavy atom. The number of hydrogen-bond acceptors (Lipinski definition) is 4. The summed E-state index contributed by atoms with van der Waals surface area (Å²) in [7, 11) is 1.81. The van der Waals surface area contributed by atoms with E-state index in [0.29, 0.717) is 19.3 Å². The summed E-state index contributed by atoms with van der Waals surface area (Å²) in [6.45, 7) is 6.07. The molecule has 3 rings (SSSR count). The molecule has 1 aliphatic rings. The molecule has 1 fully saturated rings. The number of pyridine rings is 1. The van der Waals surface area contributed by atoms with Crippen LogP contribution in [0.4, 0.5) is 5.82 Å². The van der Waals surface area contributed by atoms with Crippen molar-refractivity contribution in [2.75, 3.05) is 38.2 Å². The first-order valence-electron chi connectivity index (χ1n) is 10.0. The Hall–Kier alpha value is -1.87. The number of aryl methyl sites for hydroxylation is 1. The lowest BCUT2D eigenvalue weighted by molar-refractivity contribution is 0.125. The molecule has 0 bridgehead atoms. The van der Waals surface area contributed by atoms with Crippen LogP contribution in [0, 0.1) is 6.92 Å². The van der Waals surface area contributed by atoms with E-state index < -0.39 is 0 Å². The van der Waals surface area contributed by atoms with Crippen LogP contribution < -0.4 is 15.5 Å². The van der Waals surface area contributed by atoms with Gasteiger partial charge in [0.2, 0.25) is 0 Å². The maximum Gasteiger partial charge on any atom is 0.191 e. The molecule has 0 unspecified atom stereocenters. The maximum atomic E-state index is 5.72. The first kappa shape index (κ1) is 23.4. The van der Waals surface area contributed by atoms with Crippen molar-refractivity contribution in [3.05, 3.63) is 59.8 Å². The average molecular weight is 509 g/mol. The SMILES string of the molecule is CN=C(NCCOCc1ccccc1)NC1CCN(c2cccc(C)n2)CC1.I. The number of hydrogen-bond donors (Lipinski definition) is 2. The van der Waals surface area contributed by atoms with Crippen LogP contribution >= 0.6 is 24.0 Å². The molecule has 7 heteroatoms. The van der Waals surface area contributed by atoms with Crippen molar-refractivity contribution < 1.29 is 4.74 Å². The second-order valence-electron chi connectivity index (χ2n) is 7.08. The molecule has 158 valence electrons. The minimum atomic E-state index is 0. The fraction of sp³-hybridized carbons (Fsp3) is 0.455. The van der Waals surface area contributed by atoms with Crippen molar-refractivity contribution in [2.24, 2.45) is 4.99 Å². The van der Waals surface area contributed by atoms with E-state index >= 15 is 0 Å². The van der Waals surface area contributed by atoms with Gasteiger partial charge in [-0.3, -0.25) is 4.99 Å². The highest BCUT2D eigenvalue weighted by Gasteiger charge is 2.20. The minimum absolute atomic E-state index is 0. The van der Waals surface area contributed by atoms with Gasteiger partial charge in [0.05, 0.1) is 13.2 Å². The Morgan fingerprint density at radius 2 is 1.90 bits per heavy atom. The zero-order valence-electron chi connectivity index (χ0n) is 17.3. The van der Waals surface area contributed by atoms with E-state index in [1.165, 1.54) is 5.56 Å². The van der Waals surface area contributed by atoms with E-state index in [1.54, 1.807) is 0 Å². The Labute approximate surface area is 191 Å². The normalized spacial score (nSPS) is 15.0. The Morgan fingerprint density at radius 1 is 1.14 bits per heavy atom. The number of nitrogens with one attached hydrogen (secondary N) is 2. The molecule has 0 atom stereocenters. The van der Waals surface area contributed by atoms with E-state index in [9.17, 15) is 0 Å². The van der Waals surface area contributed by atoms with Crippen LogP contribution in [0.15, 0.2) is 53.5 Å². The zero-order valence-corrected chi connectivity index (χ0v) is 19.6. The van der Waals surface area contributed by atoms with Gasteiger partial charge in [-0.2, -0.15) is 0 Å². The molecule has 1 aromatic heterocycles. The first-order chi connectivity index (χ1) is 13.7. The molecule has 0 amide bonds. The van der Waals surface area contributed by atoms with Crippen molar-refractivity contribution in [3.8, 4) is 0 Å². The molecule has 0 aliphatic carbocycles. The van der Waals surface area contributed by atoms with Gasteiger partial charge in [0.15, 0.2) is 5.96 Å². The van der Waals surface area contributed by atoms with E-state index in [2.05, 4.69) is 49.8 Å². The third-order valence-corrected chi connectivity index (χ3v) is 4.91. The summed E-state index contributed by atoms with van der Waals surface area (Å²) in [6.07, 6.45) is 2.14.